The quantitative estimate of drug-likeness (QED) is 0.787. The van der Waals surface area contributed by atoms with Crippen molar-refractivity contribution in [1.29, 1.82) is 0 Å². The van der Waals surface area contributed by atoms with Crippen LogP contribution in [0.3, 0.4) is 0 Å². The molecule has 5 nitrogen and oxygen atoms in total. The van der Waals surface area contributed by atoms with Crippen molar-refractivity contribution in [1.82, 2.24) is 15.0 Å². The van der Waals surface area contributed by atoms with Gasteiger partial charge in [-0.05, 0) is 37.7 Å². The first-order valence-corrected chi connectivity index (χ1v) is 9.42. The van der Waals surface area contributed by atoms with Gasteiger partial charge in [-0.3, -0.25) is 4.79 Å². The number of pyridine rings is 1. The Hall–Kier alpha value is -2.12. The maximum absolute atomic E-state index is 13.7. The Balaban J connectivity index is 1.74. The molecule has 0 radical (unpaired) electrons. The summed E-state index contributed by atoms with van der Waals surface area (Å²) in [5.41, 5.74) is -0.229. The number of carbonyl (C=O) groups is 1. The molecule has 27 heavy (non-hydrogen) atoms. The molecular formula is C19H22F3N3O2. The number of nitrogens with zero attached hydrogens (tertiary/aromatic N) is 3. The monoisotopic (exact) mass is 381 g/mol. The van der Waals surface area contributed by atoms with E-state index in [9.17, 15) is 18.0 Å². The van der Waals surface area contributed by atoms with Gasteiger partial charge in [0.15, 0.2) is 0 Å². The molecule has 2 aliphatic rings. The van der Waals surface area contributed by atoms with E-state index in [1.54, 1.807) is 18.7 Å². The lowest BCUT2D eigenvalue weighted by Gasteiger charge is -2.32. The highest BCUT2D eigenvalue weighted by Crippen LogP contribution is 2.41. The average molecular weight is 381 g/mol. The molecule has 0 aromatic carbocycles. The minimum Gasteiger partial charge on any atom is -0.342 e. The van der Waals surface area contributed by atoms with E-state index in [2.05, 4.69) is 10.1 Å². The molecular weight excluding hydrogens is 359 g/mol. The van der Waals surface area contributed by atoms with Crippen LogP contribution in [0.5, 0.6) is 0 Å². The van der Waals surface area contributed by atoms with Crippen molar-refractivity contribution >= 4 is 17.0 Å². The van der Waals surface area contributed by atoms with Crippen molar-refractivity contribution in [2.45, 2.75) is 57.5 Å². The van der Waals surface area contributed by atoms with Gasteiger partial charge in [0.25, 0.3) is 5.71 Å². The molecule has 1 aliphatic carbocycles. The number of hydrogen-bond acceptors (Lipinski definition) is 4. The second kappa shape index (κ2) is 6.49. The van der Waals surface area contributed by atoms with Crippen LogP contribution in [0.25, 0.3) is 11.1 Å². The second-order valence-corrected chi connectivity index (χ2v) is 7.89. The van der Waals surface area contributed by atoms with Crippen LogP contribution in [0.1, 0.15) is 68.3 Å². The van der Waals surface area contributed by atoms with Crippen LogP contribution in [-0.4, -0.2) is 34.0 Å². The molecule has 1 amide bonds. The van der Waals surface area contributed by atoms with E-state index in [1.807, 2.05) is 0 Å². The van der Waals surface area contributed by atoms with Gasteiger partial charge < -0.3 is 9.42 Å². The normalized spacial score (nSPS) is 21.3. The fourth-order valence-electron chi connectivity index (χ4n) is 3.78. The van der Waals surface area contributed by atoms with Crippen LogP contribution < -0.4 is 0 Å². The van der Waals surface area contributed by atoms with E-state index >= 15 is 0 Å². The van der Waals surface area contributed by atoms with Crippen LogP contribution in [0.2, 0.25) is 0 Å². The standard InChI is InChI=1S/C19H22F3N3O2/c1-10(2)14-8-13(19(20,21)22)15-16(24-27-17(15)23-14)12-4-3-7-25(9-12)18(26)11-5-6-11/h8,10-12H,3-7,9H2,1-2H3/t12-/m1/s1. The molecule has 0 bridgehead atoms. The predicted octanol–water partition coefficient (Wildman–Crippen LogP) is 4.48. The number of rotatable bonds is 3. The Morgan fingerprint density at radius 3 is 2.67 bits per heavy atom. The predicted molar refractivity (Wildman–Crippen MR) is 92.2 cm³/mol. The van der Waals surface area contributed by atoms with Crippen LogP contribution >= 0.6 is 0 Å². The first-order chi connectivity index (χ1) is 12.8. The van der Waals surface area contributed by atoms with Crippen LogP contribution in [0.15, 0.2) is 10.6 Å². The lowest BCUT2D eigenvalue weighted by molar-refractivity contribution is -0.136. The van der Waals surface area contributed by atoms with E-state index in [0.29, 0.717) is 25.2 Å². The maximum Gasteiger partial charge on any atom is 0.417 e. The van der Waals surface area contributed by atoms with Crippen molar-refractivity contribution in [2.24, 2.45) is 5.92 Å². The molecule has 0 spiro atoms. The summed E-state index contributed by atoms with van der Waals surface area (Å²) in [4.78, 5) is 18.4. The molecule has 3 heterocycles. The van der Waals surface area contributed by atoms with E-state index in [4.69, 9.17) is 4.52 Å². The number of likely N-dealkylation sites (tertiary alicyclic amines) is 1. The Morgan fingerprint density at radius 1 is 1.30 bits per heavy atom. The fraction of sp³-hybridized carbons (Fsp3) is 0.632. The number of fused-ring (bicyclic) bond motifs is 1. The van der Waals surface area contributed by atoms with Gasteiger partial charge in [0.2, 0.25) is 5.91 Å². The van der Waals surface area contributed by atoms with Crippen molar-refractivity contribution < 1.29 is 22.5 Å². The molecule has 4 rings (SSSR count). The lowest BCUT2D eigenvalue weighted by atomic mass is 9.91. The number of piperidine rings is 1. The number of carbonyl (C=O) groups excluding carboxylic acids is 1. The highest BCUT2D eigenvalue weighted by Gasteiger charge is 2.40. The maximum atomic E-state index is 13.7. The van der Waals surface area contributed by atoms with Gasteiger partial charge in [0.1, 0.15) is 0 Å². The van der Waals surface area contributed by atoms with Gasteiger partial charge in [-0.2, -0.15) is 13.2 Å². The zero-order valence-corrected chi connectivity index (χ0v) is 15.3. The third-order valence-corrected chi connectivity index (χ3v) is 5.44. The zero-order chi connectivity index (χ0) is 19.3. The van der Waals surface area contributed by atoms with Gasteiger partial charge >= 0.3 is 6.18 Å². The second-order valence-electron chi connectivity index (χ2n) is 7.89. The van der Waals surface area contributed by atoms with Gasteiger partial charge in [-0.25, -0.2) is 4.98 Å². The molecule has 0 unspecified atom stereocenters. The third kappa shape index (κ3) is 3.41. The minimum absolute atomic E-state index is 0.0578. The molecule has 8 heteroatoms. The number of hydrogen-bond donors (Lipinski definition) is 0. The third-order valence-electron chi connectivity index (χ3n) is 5.44. The number of amides is 1. The zero-order valence-electron chi connectivity index (χ0n) is 15.3. The van der Waals surface area contributed by atoms with Crippen molar-refractivity contribution in [3.63, 3.8) is 0 Å². The minimum atomic E-state index is -4.52. The highest BCUT2D eigenvalue weighted by atomic mass is 19.4. The van der Waals surface area contributed by atoms with E-state index in [1.165, 1.54) is 0 Å². The average Bonchev–Trinajstić information content (AvgIpc) is 3.38. The molecule has 2 aromatic heterocycles. The summed E-state index contributed by atoms with van der Waals surface area (Å²) in [6.07, 6.45) is -1.28. The fourth-order valence-corrected chi connectivity index (χ4v) is 3.78. The largest absolute Gasteiger partial charge is 0.417 e. The van der Waals surface area contributed by atoms with Crippen molar-refractivity contribution in [3.8, 4) is 0 Å². The summed E-state index contributed by atoms with van der Waals surface area (Å²) >= 11 is 0. The summed E-state index contributed by atoms with van der Waals surface area (Å²) in [6.45, 7) is 4.62. The Labute approximate surface area is 154 Å². The lowest BCUT2D eigenvalue weighted by Crippen LogP contribution is -2.40. The summed E-state index contributed by atoms with van der Waals surface area (Å²) < 4.78 is 46.4. The molecule has 1 atom stereocenters. The molecule has 0 N–H and O–H groups in total. The van der Waals surface area contributed by atoms with Gasteiger partial charge in [-0.1, -0.05) is 19.0 Å². The molecule has 1 saturated heterocycles. The summed E-state index contributed by atoms with van der Waals surface area (Å²) in [7, 11) is 0. The number of aromatic nitrogens is 2. The highest BCUT2D eigenvalue weighted by molar-refractivity contribution is 5.83. The van der Waals surface area contributed by atoms with Crippen LogP contribution in [-0.2, 0) is 11.0 Å². The van der Waals surface area contributed by atoms with E-state index < -0.39 is 11.7 Å². The van der Waals surface area contributed by atoms with E-state index in [-0.39, 0.29) is 40.5 Å². The topological polar surface area (TPSA) is 59.2 Å². The van der Waals surface area contributed by atoms with Gasteiger partial charge in [0.05, 0.1) is 16.6 Å². The number of alkyl halides is 3. The first kappa shape index (κ1) is 18.3. The van der Waals surface area contributed by atoms with Crippen LogP contribution in [0.4, 0.5) is 13.2 Å². The Bertz CT molecular complexity index is 871. The molecule has 146 valence electrons. The Kier molecular flexibility index (Phi) is 4.39. The smallest absolute Gasteiger partial charge is 0.342 e. The van der Waals surface area contributed by atoms with Crippen LogP contribution in [0, 0.1) is 5.92 Å². The summed E-state index contributed by atoms with van der Waals surface area (Å²) in [6, 6.07) is 1.10. The van der Waals surface area contributed by atoms with Gasteiger partial charge in [0, 0.05) is 30.6 Å². The van der Waals surface area contributed by atoms with E-state index in [0.717, 1.165) is 25.3 Å². The Morgan fingerprint density at radius 2 is 2.04 bits per heavy atom. The van der Waals surface area contributed by atoms with Crippen molar-refractivity contribution in [2.75, 3.05) is 13.1 Å². The molecule has 1 aliphatic heterocycles. The number of halogens is 3. The summed E-state index contributed by atoms with van der Waals surface area (Å²) in [5, 5.41) is 3.91. The summed E-state index contributed by atoms with van der Waals surface area (Å²) in [5.74, 6) is -0.219. The van der Waals surface area contributed by atoms with Crippen molar-refractivity contribution in [3.05, 3.63) is 23.0 Å². The first-order valence-electron chi connectivity index (χ1n) is 9.42. The SMILES string of the molecule is CC(C)c1cc(C(F)(F)F)c2c([C@@H]3CCCN(C(=O)C4CC4)C3)noc2n1. The molecule has 1 saturated carbocycles. The van der Waals surface area contributed by atoms with Gasteiger partial charge in [-0.15, -0.1) is 0 Å². The molecule has 2 fully saturated rings. The molecule has 2 aromatic rings.